The lowest BCUT2D eigenvalue weighted by Gasteiger charge is -2.11. The number of rotatable bonds is 3. The Labute approximate surface area is 252 Å². The van der Waals surface area contributed by atoms with Crippen LogP contribution in [0.25, 0.3) is 86.3 Å². The van der Waals surface area contributed by atoms with E-state index in [4.69, 9.17) is 9.97 Å². The van der Waals surface area contributed by atoms with Crippen molar-refractivity contribution in [1.82, 2.24) is 9.97 Å². The van der Waals surface area contributed by atoms with Crippen LogP contribution in [0.15, 0.2) is 146 Å². The maximum absolute atomic E-state index is 5.16. The summed E-state index contributed by atoms with van der Waals surface area (Å²) in [5.41, 5.74) is 6.75. The van der Waals surface area contributed by atoms with E-state index in [2.05, 4.69) is 140 Å². The third kappa shape index (κ3) is 3.93. The van der Waals surface area contributed by atoms with E-state index in [-0.39, 0.29) is 0 Å². The highest BCUT2D eigenvalue weighted by Gasteiger charge is 2.13. The van der Waals surface area contributed by atoms with Crippen molar-refractivity contribution in [3.8, 4) is 33.6 Å². The molecule has 0 saturated carbocycles. The topological polar surface area (TPSA) is 25.8 Å². The molecule has 0 fully saturated rings. The summed E-state index contributed by atoms with van der Waals surface area (Å²) in [4.78, 5) is 10.0. The Morgan fingerprint density at radius 1 is 0.372 bits per heavy atom. The summed E-state index contributed by atoms with van der Waals surface area (Å²) in [6.45, 7) is 0. The molecule has 3 heteroatoms. The van der Waals surface area contributed by atoms with Crippen LogP contribution in [-0.4, -0.2) is 9.97 Å². The molecule has 0 aliphatic carbocycles. The fourth-order valence-corrected chi connectivity index (χ4v) is 7.51. The van der Waals surface area contributed by atoms with E-state index in [0.717, 1.165) is 33.2 Å². The van der Waals surface area contributed by atoms with E-state index in [1.54, 1.807) is 0 Å². The van der Waals surface area contributed by atoms with Gasteiger partial charge in [0.05, 0.1) is 5.52 Å². The van der Waals surface area contributed by atoms with Gasteiger partial charge >= 0.3 is 0 Å². The van der Waals surface area contributed by atoms with E-state index in [9.17, 15) is 0 Å². The van der Waals surface area contributed by atoms with Crippen LogP contribution in [0.3, 0.4) is 0 Å². The molecular weight excluding hydrogens is 541 g/mol. The summed E-state index contributed by atoms with van der Waals surface area (Å²) in [5.74, 6) is 0.737. The monoisotopic (exact) mass is 564 g/mol. The molecule has 0 spiro atoms. The molecule has 9 aromatic rings. The van der Waals surface area contributed by atoms with Gasteiger partial charge in [0.2, 0.25) is 0 Å². The number of aromatic nitrogens is 2. The number of nitrogens with zero attached hydrogens (tertiary/aromatic N) is 2. The molecule has 0 amide bonds. The molecular formula is C40H24N2S. The molecule has 0 N–H and O–H groups in total. The predicted molar refractivity (Wildman–Crippen MR) is 184 cm³/mol. The van der Waals surface area contributed by atoms with Gasteiger partial charge in [-0.3, -0.25) is 0 Å². The summed E-state index contributed by atoms with van der Waals surface area (Å²) in [7, 11) is 0. The highest BCUT2D eigenvalue weighted by Crippen LogP contribution is 2.38. The van der Waals surface area contributed by atoms with Crippen LogP contribution in [0.4, 0.5) is 0 Å². The molecule has 2 nitrogen and oxygen atoms in total. The van der Waals surface area contributed by atoms with Gasteiger partial charge in [0.25, 0.3) is 0 Å². The van der Waals surface area contributed by atoms with E-state index in [1.165, 1.54) is 53.0 Å². The second kappa shape index (κ2) is 9.59. The van der Waals surface area contributed by atoms with Gasteiger partial charge in [0.15, 0.2) is 5.82 Å². The van der Waals surface area contributed by atoms with Gasteiger partial charge in [-0.15, -0.1) is 11.3 Å². The zero-order valence-corrected chi connectivity index (χ0v) is 24.0. The average Bonchev–Trinajstić information content (AvgIpc) is 3.46. The number of thiophene rings is 1. The van der Waals surface area contributed by atoms with Crippen LogP contribution in [0.5, 0.6) is 0 Å². The first kappa shape index (κ1) is 24.2. The fraction of sp³-hybridized carbons (Fsp3) is 0. The van der Waals surface area contributed by atoms with Crippen molar-refractivity contribution >= 4 is 64.0 Å². The largest absolute Gasteiger partial charge is 0.236 e. The lowest BCUT2D eigenvalue weighted by atomic mass is 9.96. The van der Waals surface area contributed by atoms with E-state index < -0.39 is 0 Å². The molecule has 0 aliphatic heterocycles. The van der Waals surface area contributed by atoms with Crippen molar-refractivity contribution < 1.29 is 0 Å². The van der Waals surface area contributed by atoms with Crippen molar-refractivity contribution in [2.45, 2.75) is 0 Å². The van der Waals surface area contributed by atoms with Gasteiger partial charge in [-0.1, -0.05) is 109 Å². The highest BCUT2D eigenvalue weighted by atomic mass is 32.1. The van der Waals surface area contributed by atoms with Crippen molar-refractivity contribution in [3.05, 3.63) is 146 Å². The van der Waals surface area contributed by atoms with Crippen LogP contribution in [-0.2, 0) is 0 Å². The molecule has 0 saturated heterocycles. The molecule has 0 atom stereocenters. The van der Waals surface area contributed by atoms with Gasteiger partial charge in [-0.25, -0.2) is 9.97 Å². The third-order valence-electron chi connectivity index (χ3n) is 8.51. The number of hydrogen-bond acceptors (Lipinski definition) is 3. The number of benzene rings is 7. The molecule has 2 aromatic heterocycles. The van der Waals surface area contributed by atoms with Gasteiger partial charge < -0.3 is 0 Å². The molecule has 9 rings (SSSR count). The summed E-state index contributed by atoms with van der Waals surface area (Å²) in [5, 5.41) is 8.51. The van der Waals surface area contributed by atoms with Gasteiger partial charge in [-0.2, -0.15) is 0 Å². The average molecular weight is 565 g/mol. The minimum absolute atomic E-state index is 0.737. The summed E-state index contributed by atoms with van der Waals surface area (Å²) >= 11 is 1.85. The minimum Gasteiger partial charge on any atom is -0.236 e. The number of fused-ring (bicyclic) bond motifs is 9. The maximum atomic E-state index is 5.16. The molecule has 0 bridgehead atoms. The van der Waals surface area contributed by atoms with E-state index in [1.807, 2.05) is 17.5 Å². The molecule has 0 aliphatic rings. The Morgan fingerprint density at radius 2 is 0.907 bits per heavy atom. The quantitative estimate of drug-likeness (QED) is 0.199. The smallest absolute Gasteiger partial charge is 0.159 e. The zero-order chi connectivity index (χ0) is 28.3. The van der Waals surface area contributed by atoms with Crippen LogP contribution < -0.4 is 0 Å². The van der Waals surface area contributed by atoms with Crippen LogP contribution >= 0.6 is 11.3 Å². The Kier molecular flexibility index (Phi) is 5.40. The van der Waals surface area contributed by atoms with Crippen LogP contribution in [0.2, 0.25) is 0 Å². The normalized spacial score (nSPS) is 11.7. The van der Waals surface area contributed by atoms with Crippen LogP contribution in [0.1, 0.15) is 0 Å². The lowest BCUT2D eigenvalue weighted by Crippen LogP contribution is -1.93. The molecule has 2 heterocycles. The Balaban J connectivity index is 1.14. The second-order valence-corrected chi connectivity index (χ2v) is 12.1. The minimum atomic E-state index is 0.737. The summed E-state index contributed by atoms with van der Waals surface area (Å²) < 4.78 is 2.65. The molecule has 7 aromatic carbocycles. The second-order valence-electron chi connectivity index (χ2n) is 11.0. The molecule has 0 unspecified atom stereocenters. The third-order valence-corrected chi connectivity index (χ3v) is 9.66. The summed E-state index contributed by atoms with van der Waals surface area (Å²) in [6.07, 6.45) is 1.99. The first-order valence-corrected chi connectivity index (χ1v) is 15.3. The molecule has 0 radical (unpaired) electrons. The van der Waals surface area contributed by atoms with Crippen molar-refractivity contribution in [3.63, 3.8) is 0 Å². The first-order valence-electron chi connectivity index (χ1n) is 14.5. The van der Waals surface area contributed by atoms with E-state index >= 15 is 0 Å². The SMILES string of the molecule is c1cc(-c2cccc(-c3ncc4c5ccccc5c5ccccc5c4n3)c2)cc(-c2ccc3sc4ccccc4c3c2)c1. The molecule has 43 heavy (non-hydrogen) atoms. The van der Waals surface area contributed by atoms with E-state index in [0.29, 0.717) is 0 Å². The Bertz CT molecular complexity index is 2490. The molecule has 200 valence electrons. The lowest BCUT2D eigenvalue weighted by molar-refractivity contribution is 1.23. The Hall–Kier alpha value is -5.38. The van der Waals surface area contributed by atoms with Gasteiger partial charge in [-0.05, 0) is 68.7 Å². The maximum Gasteiger partial charge on any atom is 0.159 e. The van der Waals surface area contributed by atoms with Crippen molar-refractivity contribution in [2.24, 2.45) is 0 Å². The Morgan fingerprint density at radius 3 is 1.65 bits per heavy atom. The summed E-state index contributed by atoms with van der Waals surface area (Å²) in [6, 6.07) is 50.0. The van der Waals surface area contributed by atoms with Crippen molar-refractivity contribution in [1.29, 1.82) is 0 Å². The van der Waals surface area contributed by atoms with Crippen molar-refractivity contribution in [2.75, 3.05) is 0 Å². The highest BCUT2D eigenvalue weighted by molar-refractivity contribution is 7.25. The first-order chi connectivity index (χ1) is 21.3. The van der Waals surface area contributed by atoms with Crippen LogP contribution in [0, 0.1) is 0 Å². The zero-order valence-electron chi connectivity index (χ0n) is 23.2. The standard InChI is InChI=1S/C40H24N2S/c1-2-15-32-30(13-1)31-14-3-4-17-34(31)39-36(32)24-41-40(42-39)29-12-8-11-27(22-29)25-9-7-10-26(21-25)28-19-20-38-35(23-28)33-16-5-6-18-37(33)43-38/h1-24H. The predicted octanol–water partition coefficient (Wildman–Crippen LogP) is 11.3. The van der Waals surface area contributed by atoms with Gasteiger partial charge in [0, 0.05) is 42.7 Å². The van der Waals surface area contributed by atoms with Gasteiger partial charge in [0.1, 0.15) is 0 Å². The number of hydrogen-bond donors (Lipinski definition) is 0. The fourth-order valence-electron chi connectivity index (χ4n) is 6.42.